The quantitative estimate of drug-likeness (QED) is 0.916. The molecule has 2 atom stereocenters. The van der Waals surface area contributed by atoms with E-state index in [2.05, 4.69) is 9.97 Å². The number of H-pyrrole nitrogens is 1. The molecule has 0 bridgehead atoms. The molecule has 4 nitrogen and oxygen atoms in total. The fourth-order valence-electron chi connectivity index (χ4n) is 3.01. The molecule has 2 N–H and O–H groups in total. The average Bonchev–Trinajstić information content (AvgIpc) is 3.08. The van der Waals surface area contributed by atoms with Crippen molar-refractivity contribution in [2.45, 2.75) is 31.3 Å². The number of imidazole rings is 1. The van der Waals surface area contributed by atoms with Crippen molar-refractivity contribution in [3.8, 4) is 0 Å². The van der Waals surface area contributed by atoms with Crippen LogP contribution < -0.4 is 0 Å². The Morgan fingerprint density at radius 1 is 1.32 bits per heavy atom. The zero-order valence-electron chi connectivity index (χ0n) is 11.7. The van der Waals surface area contributed by atoms with Crippen molar-refractivity contribution in [2.24, 2.45) is 0 Å². The molecule has 118 valence electrons. The summed E-state index contributed by atoms with van der Waals surface area (Å²) >= 11 is 0. The molecule has 7 heteroatoms. The molecule has 1 aliphatic rings. The molecule has 1 saturated heterocycles. The summed E-state index contributed by atoms with van der Waals surface area (Å²) in [7, 11) is 0. The van der Waals surface area contributed by atoms with Crippen molar-refractivity contribution in [1.82, 2.24) is 14.9 Å². The lowest BCUT2D eigenvalue weighted by Crippen LogP contribution is -2.26. The van der Waals surface area contributed by atoms with Crippen LogP contribution in [-0.2, 0) is 12.7 Å². The fourth-order valence-corrected chi connectivity index (χ4v) is 3.01. The van der Waals surface area contributed by atoms with Gasteiger partial charge < -0.3 is 10.1 Å². The van der Waals surface area contributed by atoms with E-state index in [1.165, 1.54) is 18.5 Å². The van der Waals surface area contributed by atoms with Crippen LogP contribution in [0.5, 0.6) is 0 Å². The van der Waals surface area contributed by atoms with Crippen LogP contribution in [0.4, 0.5) is 13.2 Å². The predicted octanol–water partition coefficient (Wildman–Crippen LogP) is 2.74. The van der Waals surface area contributed by atoms with Gasteiger partial charge in [0.1, 0.15) is 0 Å². The molecule has 2 heterocycles. The first-order valence-electron chi connectivity index (χ1n) is 7.00. The number of nitrogens with one attached hydrogen (secondary N) is 1. The van der Waals surface area contributed by atoms with E-state index >= 15 is 0 Å². The van der Waals surface area contributed by atoms with Crippen LogP contribution >= 0.6 is 0 Å². The number of nitrogens with zero attached hydrogens (tertiary/aromatic N) is 2. The third-order valence-corrected chi connectivity index (χ3v) is 3.93. The molecule has 1 aromatic heterocycles. The predicted molar refractivity (Wildman–Crippen MR) is 73.8 cm³/mol. The monoisotopic (exact) mass is 311 g/mol. The summed E-state index contributed by atoms with van der Waals surface area (Å²) in [5, 5.41) is 9.90. The van der Waals surface area contributed by atoms with E-state index < -0.39 is 23.9 Å². The number of likely N-dealkylation sites (tertiary alicyclic amines) is 1. The third-order valence-electron chi connectivity index (χ3n) is 3.93. The zero-order valence-corrected chi connectivity index (χ0v) is 11.7. The summed E-state index contributed by atoms with van der Waals surface area (Å²) in [4.78, 5) is 8.70. The standard InChI is InChI=1S/C15H16F3N3O/c16-15(17,18)13-4-2-1-3-12(13)14-5-11(22)8-21(14)7-10-6-19-9-20-10/h1-4,6,9,11,14,22H,5,7-8H2,(H,19,20). The van der Waals surface area contributed by atoms with E-state index in [0.29, 0.717) is 19.5 Å². The number of benzene rings is 1. The van der Waals surface area contributed by atoms with Crippen molar-refractivity contribution in [2.75, 3.05) is 6.54 Å². The number of aliphatic hydroxyl groups is 1. The van der Waals surface area contributed by atoms with E-state index in [9.17, 15) is 18.3 Å². The summed E-state index contributed by atoms with van der Waals surface area (Å²) in [6.45, 7) is 0.768. The third kappa shape index (κ3) is 3.00. The zero-order chi connectivity index (χ0) is 15.7. The number of hydrogen-bond acceptors (Lipinski definition) is 3. The minimum atomic E-state index is -4.40. The van der Waals surface area contributed by atoms with E-state index in [1.807, 2.05) is 4.90 Å². The van der Waals surface area contributed by atoms with Gasteiger partial charge in [-0.3, -0.25) is 4.90 Å². The van der Waals surface area contributed by atoms with Crippen molar-refractivity contribution >= 4 is 0 Å². The second-order valence-corrected chi connectivity index (χ2v) is 5.50. The molecular formula is C15H16F3N3O. The first-order valence-corrected chi connectivity index (χ1v) is 7.00. The van der Waals surface area contributed by atoms with Gasteiger partial charge in [0.15, 0.2) is 0 Å². The highest BCUT2D eigenvalue weighted by Gasteiger charge is 2.39. The number of rotatable bonds is 3. The van der Waals surface area contributed by atoms with E-state index in [4.69, 9.17) is 0 Å². The number of halogens is 3. The summed E-state index contributed by atoms with van der Waals surface area (Å²) in [6.07, 6.45) is -1.57. The van der Waals surface area contributed by atoms with Crippen molar-refractivity contribution in [3.63, 3.8) is 0 Å². The fraction of sp³-hybridized carbons (Fsp3) is 0.400. The molecule has 2 aromatic rings. The van der Waals surface area contributed by atoms with Gasteiger partial charge >= 0.3 is 6.18 Å². The maximum absolute atomic E-state index is 13.2. The van der Waals surface area contributed by atoms with E-state index in [0.717, 1.165) is 11.8 Å². The number of aliphatic hydroxyl groups excluding tert-OH is 1. The number of alkyl halides is 3. The minimum absolute atomic E-state index is 0.214. The van der Waals surface area contributed by atoms with Gasteiger partial charge in [-0.25, -0.2) is 4.98 Å². The molecule has 0 aliphatic carbocycles. The molecule has 1 fully saturated rings. The number of aromatic nitrogens is 2. The van der Waals surface area contributed by atoms with Crippen molar-refractivity contribution in [1.29, 1.82) is 0 Å². The van der Waals surface area contributed by atoms with Gasteiger partial charge in [0.25, 0.3) is 0 Å². The molecule has 3 rings (SSSR count). The smallest absolute Gasteiger partial charge is 0.392 e. The van der Waals surface area contributed by atoms with Gasteiger partial charge in [0.05, 0.1) is 18.0 Å². The molecule has 0 radical (unpaired) electrons. The summed E-state index contributed by atoms with van der Waals surface area (Å²) in [5.41, 5.74) is 0.387. The summed E-state index contributed by atoms with van der Waals surface area (Å²) < 4.78 is 39.6. The summed E-state index contributed by atoms with van der Waals surface area (Å²) in [5.74, 6) is 0. The Hall–Kier alpha value is -1.86. The van der Waals surface area contributed by atoms with Crippen molar-refractivity contribution in [3.05, 3.63) is 53.6 Å². The van der Waals surface area contributed by atoms with Crippen LogP contribution in [0, 0.1) is 0 Å². The van der Waals surface area contributed by atoms with Crippen LogP contribution in [0.25, 0.3) is 0 Å². The molecular weight excluding hydrogens is 295 g/mol. The lowest BCUT2D eigenvalue weighted by Gasteiger charge is -2.26. The number of hydrogen-bond donors (Lipinski definition) is 2. The lowest BCUT2D eigenvalue weighted by molar-refractivity contribution is -0.138. The lowest BCUT2D eigenvalue weighted by atomic mass is 9.97. The Kier molecular flexibility index (Phi) is 3.92. The largest absolute Gasteiger partial charge is 0.416 e. The highest BCUT2D eigenvalue weighted by molar-refractivity contribution is 5.33. The molecule has 2 unspecified atom stereocenters. The normalized spacial score (nSPS) is 23.1. The second-order valence-electron chi connectivity index (χ2n) is 5.50. The molecule has 1 aromatic carbocycles. The van der Waals surface area contributed by atoms with Crippen LogP contribution in [0.3, 0.4) is 0 Å². The molecule has 0 amide bonds. The Labute approximate surface area is 125 Å². The minimum Gasteiger partial charge on any atom is -0.392 e. The second kappa shape index (κ2) is 5.73. The Bertz CT molecular complexity index is 627. The van der Waals surface area contributed by atoms with Gasteiger partial charge in [-0.2, -0.15) is 13.2 Å². The van der Waals surface area contributed by atoms with Gasteiger partial charge in [-0.1, -0.05) is 18.2 Å². The number of aromatic amines is 1. The highest BCUT2D eigenvalue weighted by Crippen LogP contribution is 2.40. The van der Waals surface area contributed by atoms with Gasteiger partial charge in [-0.15, -0.1) is 0 Å². The maximum atomic E-state index is 13.2. The first-order chi connectivity index (χ1) is 10.4. The van der Waals surface area contributed by atoms with Crippen LogP contribution in [-0.4, -0.2) is 32.6 Å². The van der Waals surface area contributed by atoms with Crippen LogP contribution in [0.2, 0.25) is 0 Å². The van der Waals surface area contributed by atoms with Gasteiger partial charge in [0, 0.05) is 31.0 Å². The molecule has 22 heavy (non-hydrogen) atoms. The van der Waals surface area contributed by atoms with Crippen LogP contribution in [0.15, 0.2) is 36.8 Å². The van der Waals surface area contributed by atoms with Crippen LogP contribution in [0.1, 0.15) is 29.3 Å². The maximum Gasteiger partial charge on any atom is 0.416 e. The van der Waals surface area contributed by atoms with Gasteiger partial charge in [0.2, 0.25) is 0 Å². The van der Waals surface area contributed by atoms with E-state index in [-0.39, 0.29) is 5.56 Å². The average molecular weight is 311 g/mol. The summed E-state index contributed by atoms with van der Waals surface area (Å²) in [6, 6.07) is 5.11. The number of β-amino-alcohol motifs (C(OH)–C–C–N with tert-alkyl or cyclic N) is 1. The molecule has 0 saturated carbocycles. The topological polar surface area (TPSA) is 52.1 Å². The van der Waals surface area contributed by atoms with Gasteiger partial charge in [-0.05, 0) is 18.1 Å². The molecule has 1 aliphatic heterocycles. The Morgan fingerprint density at radius 2 is 2.09 bits per heavy atom. The van der Waals surface area contributed by atoms with E-state index in [1.54, 1.807) is 12.3 Å². The highest BCUT2D eigenvalue weighted by atomic mass is 19.4. The SMILES string of the molecule is OC1CC(c2ccccc2C(F)(F)F)N(Cc2cnc[nH]2)C1. The Morgan fingerprint density at radius 3 is 2.77 bits per heavy atom. The molecule has 0 spiro atoms. The Balaban J connectivity index is 1.92. The first kappa shape index (κ1) is 15.1. The van der Waals surface area contributed by atoms with Crippen molar-refractivity contribution < 1.29 is 18.3 Å².